The van der Waals surface area contributed by atoms with E-state index < -0.39 is 14.4 Å². The first-order chi connectivity index (χ1) is 12.3. The summed E-state index contributed by atoms with van der Waals surface area (Å²) in [6.07, 6.45) is 0.833. The maximum absolute atomic E-state index is 8.85. The van der Waals surface area contributed by atoms with Crippen molar-refractivity contribution >= 4 is 13.3 Å². The summed E-state index contributed by atoms with van der Waals surface area (Å²) in [5, 5.41) is 1.10. The number of rotatable bonds is 5. The molecule has 0 radical (unpaired) electrons. The Bertz CT molecular complexity index is 872. The molecule has 24 heavy (non-hydrogen) atoms. The van der Waals surface area contributed by atoms with Crippen LogP contribution in [0.5, 0.6) is 0 Å². The van der Waals surface area contributed by atoms with E-state index in [4.69, 9.17) is 2.74 Å². The lowest BCUT2D eigenvalue weighted by Crippen LogP contribution is -2.40. The fourth-order valence-electron chi connectivity index (χ4n) is 2.76. The summed E-state index contributed by atoms with van der Waals surface area (Å²) in [7, 11) is -1.73. The largest absolute Gasteiger partial charge is 0.256 e. The lowest BCUT2D eigenvalue weighted by Gasteiger charge is -2.21. The molecule has 1 nitrogen and oxygen atoms in total. The Hall–Kier alpha value is -2.19. The third-order valence-corrected chi connectivity index (χ3v) is 6.12. The lowest BCUT2D eigenvalue weighted by atomic mass is 10.0. The second-order valence-corrected chi connectivity index (χ2v) is 12.1. The zero-order valence-electron chi connectivity index (χ0n) is 16.6. The highest BCUT2D eigenvalue weighted by Crippen LogP contribution is 2.19. The van der Waals surface area contributed by atoms with Crippen LogP contribution in [0.15, 0.2) is 72.9 Å². The fourth-order valence-corrected chi connectivity index (χ4v) is 4.18. The number of aryl methyl sites for hydroxylation is 2. The Morgan fingerprint density at radius 1 is 0.917 bits per heavy atom. The van der Waals surface area contributed by atoms with Crippen LogP contribution >= 0.6 is 0 Å². The van der Waals surface area contributed by atoms with Crippen molar-refractivity contribution in [1.82, 2.24) is 4.98 Å². The summed E-state index contributed by atoms with van der Waals surface area (Å²) < 4.78 is 17.7. The number of pyridine rings is 1. The molecule has 0 aliphatic heterocycles. The first-order valence-electron chi connectivity index (χ1n) is 9.38. The predicted octanol–water partition coefficient (Wildman–Crippen LogP) is 5.08. The minimum absolute atomic E-state index is 0.365. The molecule has 2 aromatic carbocycles. The average Bonchev–Trinajstić information content (AvgIpc) is 2.62. The van der Waals surface area contributed by atoms with Gasteiger partial charge in [-0.25, -0.2) is 0 Å². The topological polar surface area (TPSA) is 12.9 Å². The molecule has 0 spiro atoms. The van der Waals surface area contributed by atoms with E-state index in [1.165, 1.54) is 0 Å². The maximum atomic E-state index is 8.85. The molecule has 0 bridgehead atoms. The standard InChI is InChI=1S/C22H25NSi/c1-24(2,3)22-17-23-21(19-12-8-5-9-13-19)16-20(22)15-14-18-10-6-4-7-11-18/h4-13,16-17H,14-15H2,1-3H3/i15D2. The molecule has 3 rings (SSSR count). The molecular weight excluding hydrogens is 306 g/mol. The highest BCUT2D eigenvalue weighted by molar-refractivity contribution is 6.89. The summed E-state index contributed by atoms with van der Waals surface area (Å²) in [4.78, 5) is 4.66. The highest BCUT2D eigenvalue weighted by atomic mass is 28.3. The molecule has 0 atom stereocenters. The molecule has 0 amide bonds. The zero-order chi connectivity index (χ0) is 18.8. The summed E-state index contributed by atoms with van der Waals surface area (Å²) in [5.41, 5.74) is 3.65. The van der Waals surface area contributed by atoms with Gasteiger partial charge in [-0.05, 0) is 35.2 Å². The van der Waals surface area contributed by atoms with Crippen LogP contribution in [-0.4, -0.2) is 13.1 Å². The van der Waals surface area contributed by atoms with Crippen LogP contribution in [0.25, 0.3) is 11.3 Å². The number of aromatic nitrogens is 1. The Morgan fingerprint density at radius 3 is 2.17 bits per heavy atom. The van der Waals surface area contributed by atoms with E-state index in [1.807, 2.05) is 72.9 Å². The van der Waals surface area contributed by atoms with Crippen molar-refractivity contribution in [3.05, 3.63) is 84.1 Å². The first-order valence-corrected chi connectivity index (χ1v) is 11.9. The molecule has 0 saturated heterocycles. The van der Waals surface area contributed by atoms with Crippen LogP contribution in [0.1, 0.15) is 13.9 Å². The van der Waals surface area contributed by atoms with Crippen molar-refractivity contribution in [1.29, 1.82) is 0 Å². The van der Waals surface area contributed by atoms with Crippen molar-refractivity contribution in [2.75, 3.05) is 0 Å². The minimum Gasteiger partial charge on any atom is -0.256 e. The molecule has 0 fully saturated rings. The molecule has 1 aromatic heterocycles. The summed E-state index contributed by atoms with van der Waals surface area (Å²) in [5.74, 6) is 0. The van der Waals surface area contributed by atoms with Gasteiger partial charge < -0.3 is 0 Å². The number of benzene rings is 2. The van der Waals surface area contributed by atoms with Gasteiger partial charge in [-0.3, -0.25) is 4.98 Å². The SMILES string of the molecule is [2H]C([2H])(Cc1ccccc1)c1cc(-c2ccccc2)ncc1[Si](C)(C)C. The average molecular weight is 334 g/mol. The van der Waals surface area contributed by atoms with Crippen LogP contribution in [0, 0.1) is 0 Å². The molecule has 122 valence electrons. The monoisotopic (exact) mass is 333 g/mol. The van der Waals surface area contributed by atoms with Gasteiger partial charge in [-0.15, -0.1) is 0 Å². The second-order valence-electron chi connectivity index (χ2n) is 7.07. The Balaban J connectivity index is 2.10. The normalized spacial score (nSPS) is 13.3. The molecule has 3 aromatic rings. The second kappa shape index (κ2) is 7.14. The number of hydrogen-bond donors (Lipinski definition) is 0. The van der Waals surface area contributed by atoms with Crippen molar-refractivity contribution < 1.29 is 2.74 Å². The van der Waals surface area contributed by atoms with Crippen molar-refractivity contribution in [2.24, 2.45) is 0 Å². The summed E-state index contributed by atoms with van der Waals surface area (Å²) in [6.45, 7) is 6.73. The van der Waals surface area contributed by atoms with E-state index in [0.717, 1.165) is 27.6 Å². The van der Waals surface area contributed by atoms with Crippen LogP contribution < -0.4 is 5.19 Å². The Labute approximate surface area is 149 Å². The van der Waals surface area contributed by atoms with Crippen LogP contribution in [0.3, 0.4) is 0 Å². The molecule has 2 heteroatoms. The quantitative estimate of drug-likeness (QED) is 0.593. The van der Waals surface area contributed by atoms with Gasteiger partial charge in [0.05, 0.1) is 13.8 Å². The van der Waals surface area contributed by atoms with E-state index in [-0.39, 0.29) is 0 Å². The molecule has 0 N–H and O–H groups in total. The van der Waals surface area contributed by atoms with E-state index >= 15 is 0 Å². The van der Waals surface area contributed by atoms with E-state index in [9.17, 15) is 0 Å². The lowest BCUT2D eigenvalue weighted by molar-refractivity contribution is 0.962. The molecule has 1 heterocycles. The summed E-state index contributed by atoms with van der Waals surface area (Å²) >= 11 is 0. The van der Waals surface area contributed by atoms with Gasteiger partial charge in [0.1, 0.15) is 0 Å². The molecule has 0 unspecified atom stereocenters. The Morgan fingerprint density at radius 2 is 1.54 bits per heavy atom. The van der Waals surface area contributed by atoms with Gasteiger partial charge in [-0.2, -0.15) is 0 Å². The van der Waals surface area contributed by atoms with Gasteiger partial charge in [0.25, 0.3) is 0 Å². The molecule has 0 saturated carbocycles. The number of hydrogen-bond acceptors (Lipinski definition) is 1. The van der Waals surface area contributed by atoms with Gasteiger partial charge >= 0.3 is 0 Å². The van der Waals surface area contributed by atoms with Crippen LogP contribution in [0.2, 0.25) is 19.6 Å². The first kappa shape index (κ1) is 14.2. The van der Waals surface area contributed by atoms with Crippen molar-refractivity contribution in [3.63, 3.8) is 0 Å². The van der Waals surface area contributed by atoms with Crippen LogP contribution in [0.4, 0.5) is 0 Å². The summed E-state index contributed by atoms with van der Waals surface area (Å²) in [6, 6.07) is 21.8. The predicted molar refractivity (Wildman–Crippen MR) is 107 cm³/mol. The third kappa shape index (κ3) is 4.01. The molecule has 0 aliphatic carbocycles. The smallest absolute Gasteiger partial charge is 0.0799 e. The minimum atomic E-state index is -1.73. The van der Waals surface area contributed by atoms with Crippen molar-refractivity contribution in [3.8, 4) is 11.3 Å². The number of nitrogens with zero attached hydrogens (tertiary/aromatic N) is 1. The zero-order valence-corrected chi connectivity index (χ0v) is 15.6. The van der Waals surface area contributed by atoms with Gasteiger partial charge in [0.2, 0.25) is 0 Å². The van der Waals surface area contributed by atoms with Gasteiger partial charge in [0, 0.05) is 14.5 Å². The van der Waals surface area contributed by atoms with E-state index in [1.54, 1.807) is 0 Å². The van der Waals surface area contributed by atoms with E-state index in [0.29, 0.717) is 6.42 Å². The fraction of sp³-hybridized carbons (Fsp3) is 0.227. The molecule has 0 aliphatic rings. The van der Waals surface area contributed by atoms with Gasteiger partial charge in [0.15, 0.2) is 0 Å². The van der Waals surface area contributed by atoms with Crippen molar-refractivity contribution in [2.45, 2.75) is 32.4 Å². The Kier molecular flexibility index (Phi) is 4.22. The third-order valence-electron chi connectivity index (χ3n) is 4.11. The van der Waals surface area contributed by atoms with Gasteiger partial charge in [-0.1, -0.05) is 80.3 Å². The van der Waals surface area contributed by atoms with Crippen LogP contribution in [-0.2, 0) is 12.8 Å². The maximum Gasteiger partial charge on any atom is 0.0799 e. The highest BCUT2D eigenvalue weighted by Gasteiger charge is 2.21. The molecular formula is C22H25NSi. The van der Waals surface area contributed by atoms with E-state index in [2.05, 4.69) is 24.6 Å².